The number of anilines is 1. The zero-order chi connectivity index (χ0) is 17.3. The van der Waals surface area contributed by atoms with Crippen LogP contribution in [0.15, 0.2) is 35.7 Å². The van der Waals surface area contributed by atoms with Gasteiger partial charge in [-0.15, -0.1) is 22.9 Å². The fraction of sp³-hybridized carbons (Fsp3) is 0.188. The number of halogens is 2. The summed E-state index contributed by atoms with van der Waals surface area (Å²) in [7, 11) is 0. The van der Waals surface area contributed by atoms with Crippen LogP contribution in [0.5, 0.6) is 0 Å². The van der Waals surface area contributed by atoms with Gasteiger partial charge in [0.15, 0.2) is 5.78 Å². The molecule has 124 valence electrons. The number of hydrogen-bond acceptors (Lipinski definition) is 5. The molecule has 2 amide bonds. The molecular formula is C16H11Cl2NO4S. The Kier molecular flexibility index (Phi) is 4.89. The molecule has 0 bridgehead atoms. The van der Waals surface area contributed by atoms with Gasteiger partial charge in [0.2, 0.25) is 0 Å². The van der Waals surface area contributed by atoms with E-state index in [1.54, 1.807) is 23.6 Å². The van der Waals surface area contributed by atoms with Crippen LogP contribution in [-0.4, -0.2) is 30.3 Å². The second-order valence-electron chi connectivity index (χ2n) is 4.95. The first-order valence-corrected chi connectivity index (χ1v) is 8.77. The molecule has 5 nitrogen and oxygen atoms in total. The predicted octanol–water partition coefficient (Wildman–Crippen LogP) is 4.09. The highest BCUT2D eigenvalue weighted by molar-refractivity contribution is 7.12. The van der Waals surface area contributed by atoms with Crippen LogP contribution < -0.4 is 4.90 Å². The molecule has 24 heavy (non-hydrogen) atoms. The van der Waals surface area contributed by atoms with E-state index in [0.29, 0.717) is 21.2 Å². The number of alkyl halides is 1. The monoisotopic (exact) mass is 383 g/mol. The van der Waals surface area contributed by atoms with Crippen LogP contribution in [0, 0.1) is 0 Å². The van der Waals surface area contributed by atoms with Gasteiger partial charge in [-0.1, -0.05) is 17.7 Å². The minimum absolute atomic E-state index is 0.0311. The van der Waals surface area contributed by atoms with Crippen molar-refractivity contribution in [3.05, 3.63) is 51.2 Å². The molecule has 1 aromatic carbocycles. The number of benzene rings is 1. The quantitative estimate of drug-likeness (QED) is 0.453. The van der Waals surface area contributed by atoms with Crippen LogP contribution in [0.3, 0.4) is 0 Å². The van der Waals surface area contributed by atoms with Crippen LogP contribution in [0.4, 0.5) is 10.5 Å². The zero-order valence-corrected chi connectivity index (χ0v) is 14.5. The number of thiophene rings is 1. The molecule has 0 N–H and O–H groups in total. The Morgan fingerprint density at radius 1 is 1.29 bits per heavy atom. The minimum Gasteiger partial charge on any atom is -0.448 e. The summed E-state index contributed by atoms with van der Waals surface area (Å²) in [5, 5.41) is 2.12. The third-order valence-corrected chi connectivity index (χ3v) is 4.79. The number of carbonyl (C=O) groups is 3. The van der Waals surface area contributed by atoms with E-state index in [4.69, 9.17) is 27.9 Å². The Hall–Kier alpha value is -1.89. The van der Waals surface area contributed by atoms with E-state index < -0.39 is 17.9 Å². The fourth-order valence-electron chi connectivity index (χ4n) is 2.53. The number of ketones is 1. The van der Waals surface area contributed by atoms with E-state index in [9.17, 15) is 14.4 Å². The second-order valence-corrected chi connectivity index (χ2v) is 6.72. The van der Waals surface area contributed by atoms with E-state index in [1.807, 2.05) is 0 Å². The molecule has 1 atom stereocenters. The molecule has 1 aliphatic heterocycles. The average Bonchev–Trinajstić information content (AvgIpc) is 3.17. The van der Waals surface area contributed by atoms with E-state index in [0.717, 1.165) is 4.90 Å². The third kappa shape index (κ3) is 2.92. The number of ether oxygens (including phenoxy) is 1. The Balaban J connectivity index is 2.03. The zero-order valence-electron chi connectivity index (χ0n) is 12.2. The van der Waals surface area contributed by atoms with E-state index >= 15 is 0 Å². The lowest BCUT2D eigenvalue weighted by molar-refractivity contribution is -0.117. The van der Waals surface area contributed by atoms with Crippen molar-refractivity contribution in [3.63, 3.8) is 0 Å². The predicted molar refractivity (Wildman–Crippen MR) is 92.4 cm³/mol. The lowest BCUT2D eigenvalue weighted by atomic mass is 9.95. The van der Waals surface area contributed by atoms with Gasteiger partial charge in [0.25, 0.3) is 5.91 Å². The molecule has 1 aliphatic rings. The number of nitrogens with zero attached hydrogens (tertiary/aromatic N) is 1. The average molecular weight is 384 g/mol. The number of amides is 2. The molecule has 0 aliphatic carbocycles. The van der Waals surface area contributed by atoms with Gasteiger partial charge < -0.3 is 4.74 Å². The van der Waals surface area contributed by atoms with Crippen LogP contribution in [-0.2, 0) is 9.53 Å². The van der Waals surface area contributed by atoms with Gasteiger partial charge in [0.1, 0.15) is 12.5 Å². The van der Waals surface area contributed by atoms with Gasteiger partial charge >= 0.3 is 6.09 Å². The number of hydrogen-bond donors (Lipinski definition) is 0. The number of Topliss-reactive ketones (excluding diaryl/α,β-unsaturated/α-hetero) is 1. The minimum atomic E-state index is -1.11. The smallest absolute Gasteiger partial charge is 0.421 e. The van der Waals surface area contributed by atoms with E-state index in [2.05, 4.69) is 0 Å². The van der Waals surface area contributed by atoms with E-state index in [-0.39, 0.29) is 18.3 Å². The normalized spacial score (nSPS) is 16.2. The largest absolute Gasteiger partial charge is 0.448 e. The number of imide groups is 1. The molecule has 0 saturated heterocycles. The third-order valence-electron chi connectivity index (χ3n) is 3.52. The first kappa shape index (κ1) is 17.0. The lowest BCUT2D eigenvalue weighted by Gasteiger charge is -2.15. The summed E-state index contributed by atoms with van der Waals surface area (Å²) < 4.78 is 4.94. The van der Waals surface area contributed by atoms with Gasteiger partial charge in [0, 0.05) is 5.02 Å². The van der Waals surface area contributed by atoms with Crippen LogP contribution in [0.2, 0.25) is 5.02 Å². The molecule has 2 heterocycles. The van der Waals surface area contributed by atoms with Gasteiger partial charge in [-0.25, -0.2) is 9.69 Å². The Morgan fingerprint density at radius 3 is 2.75 bits per heavy atom. The molecule has 0 saturated carbocycles. The van der Waals surface area contributed by atoms with Gasteiger partial charge in [-0.2, -0.15) is 0 Å². The highest BCUT2D eigenvalue weighted by Gasteiger charge is 2.46. The first-order valence-electron chi connectivity index (χ1n) is 6.98. The summed E-state index contributed by atoms with van der Waals surface area (Å²) in [5.74, 6) is -2.02. The van der Waals surface area contributed by atoms with Gasteiger partial charge in [-0.3, -0.25) is 9.59 Å². The molecule has 0 fully saturated rings. The summed E-state index contributed by atoms with van der Waals surface area (Å²) in [6.45, 7) is -0.0311. The van der Waals surface area contributed by atoms with Crippen LogP contribution in [0.25, 0.3) is 0 Å². The highest BCUT2D eigenvalue weighted by Crippen LogP contribution is 2.41. The maximum atomic E-state index is 12.7. The Morgan fingerprint density at radius 2 is 2.08 bits per heavy atom. The molecule has 8 heteroatoms. The molecule has 3 rings (SSSR count). The van der Waals surface area contributed by atoms with Crippen molar-refractivity contribution in [3.8, 4) is 0 Å². The Bertz CT molecular complexity index is 806. The van der Waals surface area contributed by atoms with Gasteiger partial charge in [-0.05, 0) is 35.2 Å². The maximum Gasteiger partial charge on any atom is 0.421 e. The summed E-state index contributed by atoms with van der Waals surface area (Å²) in [6, 6.07) is 7.97. The second kappa shape index (κ2) is 6.93. The van der Waals surface area contributed by atoms with Crippen molar-refractivity contribution < 1.29 is 19.1 Å². The first-order chi connectivity index (χ1) is 11.5. The number of fused-ring (bicyclic) bond motifs is 1. The van der Waals surface area contributed by atoms with Crippen molar-refractivity contribution in [1.29, 1.82) is 0 Å². The standard InChI is InChI=1S/C16H11Cl2NO4S/c17-5-6-23-16(22)19-11-4-3-9(18)8-10(11)13(15(19)21)14(20)12-2-1-7-24-12/h1-4,7-8,13H,5-6H2. The summed E-state index contributed by atoms with van der Waals surface area (Å²) in [5.41, 5.74) is 0.701. The molecule has 2 aromatic rings. The van der Waals surface area contributed by atoms with Crippen LogP contribution >= 0.6 is 34.5 Å². The SMILES string of the molecule is O=C(c1cccs1)C1C(=O)N(C(=O)OCCCl)c2ccc(Cl)cc21. The van der Waals surface area contributed by atoms with Crippen molar-refractivity contribution in [2.45, 2.75) is 5.92 Å². The van der Waals surface area contributed by atoms with Crippen molar-refractivity contribution in [1.82, 2.24) is 0 Å². The highest BCUT2D eigenvalue weighted by atomic mass is 35.5. The maximum absolute atomic E-state index is 12.7. The fourth-order valence-corrected chi connectivity index (χ4v) is 3.49. The van der Waals surface area contributed by atoms with Crippen LogP contribution in [0.1, 0.15) is 21.2 Å². The molecule has 1 aromatic heterocycles. The molecule has 1 unspecified atom stereocenters. The van der Waals surface area contributed by atoms with Crippen molar-refractivity contribution in [2.24, 2.45) is 0 Å². The number of carbonyl (C=O) groups excluding carboxylic acids is 3. The molecule has 0 spiro atoms. The molecular weight excluding hydrogens is 373 g/mol. The summed E-state index contributed by atoms with van der Waals surface area (Å²) in [6.07, 6.45) is -0.856. The Labute approximate surface area is 151 Å². The topological polar surface area (TPSA) is 63.7 Å². The lowest BCUT2D eigenvalue weighted by Crippen LogP contribution is -2.37. The van der Waals surface area contributed by atoms with Crippen molar-refractivity contribution >= 4 is 58.0 Å². The summed E-state index contributed by atoms with van der Waals surface area (Å²) >= 11 is 12.7. The number of rotatable bonds is 4. The molecule has 0 radical (unpaired) electrons. The summed E-state index contributed by atoms with van der Waals surface area (Å²) in [4.78, 5) is 39.0. The van der Waals surface area contributed by atoms with E-state index in [1.165, 1.54) is 23.5 Å². The van der Waals surface area contributed by atoms with Crippen molar-refractivity contribution in [2.75, 3.05) is 17.4 Å². The van der Waals surface area contributed by atoms with Gasteiger partial charge in [0.05, 0.1) is 16.4 Å².